The van der Waals surface area contributed by atoms with Crippen molar-refractivity contribution in [1.29, 1.82) is 0 Å². The van der Waals surface area contributed by atoms with Crippen LogP contribution in [-0.2, 0) is 26.3 Å². The molecule has 7 nitrogen and oxygen atoms in total. The van der Waals surface area contributed by atoms with Crippen LogP contribution in [0.4, 0.5) is 9.52 Å². The predicted molar refractivity (Wildman–Crippen MR) is 92.3 cm³/mol. The van der Waals surface area contributed by atoms with E-state index >= 15 is 0 Å². The van der Waals surface area contributed by atoms with E-state index in [0.717, 1.165) is 11.3 Å². The highest BCUT2D eigenvalue weighted by atomic mass is 32.2. The van der Waals surface area contributed by atoms with Gasteiger partial charge < -0.3 is 5.11 Å². The summed E-state index contributed by atoms with van der Waals surface area (Å²) in [5, 5.41) is 8.32. The maximum absolute atomic E-state index is 13.7. The maximum atomic E-state index is 13.7. The fraction of sp³-hybridized carbons (Fsp3) is 0.357. The van der Waals surface area contributed by atoms with E-state index in [1.807, 2.05) is 0 Å². The molecule has 1 aromatic heterocycles. The fourth-order valence-corrected chi connectivity index (χ4v) is 7.79. The lowest BCUT2D eigenvalue weighted by Crippen LogP contribution is -2.36. The van der Waals surface area contributed by atoms with E-state index in [1.54, 1.807) is 18.2 Å². The fourth-order valence-electron chi connectivity index (χ4n) is 2.56. The molecule has 1 aromatic carbocycles. The van der Waals surface area contributed by atoms with Crippen molar-refractivity contribution in [3.05, 3.63) is 46.7 Å². The maximum Gasteiger partial charge on any atom is 0.240 e. The van der Waals surface area contributed by atoms with Crippen LogP contribution in [0.1, 0.15) is 10.4 Å². The van der Waals surface area contributed by atoms with Gasteiger partial charge >= 0.3 is 0 Å². The summed E-state index contributed by atoms with van der Waals surface area (Å²) < 4.78 is 63.4. The van der Waals surface area contributed by atoms with Crippen molar-refractivity contribution < 1.29 is 26.3 Å². The van der Waals surface area contributed by atoms with Gasteiger partial charge in [-0.3, -0.25) is 4.72 Å². The van der Waals surface area contributed by atoms with Crippen LogP contribution in [0.15, 0.2) is 30.5 Å². The predicted octanol–water partition coefficient (Wildman–Crippen LogP) is 0.773. The summed E-state index contributed by atoms with van der Waals surface area (Å²) in [6.45, 7) is 0. The molecule has 1 fully saturated rings. The van der Waals surface area contributed by atoms with Crippen LogP contribution in [0.2, 0.25) is 0 Å². The first-order valence-electron chi connectivity index (χ1n) is 7.24. The number of hydrogen-bond acceptors (Lipinski definition) is 7. The van der Waals surface area contributed by atoms with Crippen LogP contribution >= 0.6 is 11.3 Å². The molecule has 2 aromatic rings. The molecule has 1 saturated heterocycles. The third kappa shape index (κ3) is 4.17. The van der Waals surface area contributed by atoms with Crippen molar-refractivity contribution >= 4 is 36.3 Å². The van der Waals surface area contributed by atoms with E-state index in [2.05, 4.69) is 9.71 Å². The molecule has 1 aliphatic rings. The first kappa shape index (κ1) is 18.2. The molecule has 0 unspecified atom stereocenters. The molecule has 136 valence electrons. The summed E-state index contributed by atoms with van der Waals surface area (Å²) in [5.74, 6) is -1.57. The minimum absolute atomic E-state index is 0.0443. The van der Waals surface area contributed by atoms with Gasteiger partial charge in [0.25, 0.3) is 0 Å². The summed E-state index contributed by atoms with van der Waals surface area (Å²) in [5.41, 5.74) is 0.456. The van der Waals surface area contributed by atoms with Gasteiger partial charge in [0.05, 0.1) is 17.6 Å². The second kappa shape index (κ2) is 6.63. The number of aliphatic hydroxyl groups excluding tert-OH is 1. The van der Waals surface area contributed by atoms with Crippen molar-refractivity contribution in [2.24, 2.45) is 0 Å². The standard InChI is InChI=1S/C14H15FN2O5S3/c15-11-4-2-1-3-9(11)5-10-6-16-14(23-10)17-25(21,22)13-8-24(19,20)7-12(13)18/h1-4,6,12-13,18H,5,7-8H2,(H,16,17)/t12-,13-/m1/s1. The first-order valence-corrected chi connectivity index (χ1v) is 11.4. The number of sulfone groups is 1. The van der Waals surface area contributed by atoms with Crippen molar-refractivity contribution in [1.82, 2.24) is 4.98 Å². The van der Waals surface area contributed by atoms with Gasteiger partial charge in [-0.05, 0) is 11.6 Å². The molecule has 3 rings (SSSR count). The van der Waals surface area contributed by atoms with E-state index < -0.39 is 42.7 Å². The zero-order chi connectivity index (χ0) is 18.2. The number of benzene rings is 1. The monoisotopic (exact) mass is 406 g/mol. The lowest BCUT2D eigenvalue weighted by Gasteiger charge is -2.13. The van der Waals surface area contributed by atoms with Crippen molar-refractivity contribution in [2.45, 2.75) is 17.8 Å². The number of nitrogens with zero attached hydrogens (tertiary/aromatic N) is 1. The normalized spacial score (nSPS) is 22.8. The molecule has 0 spiro atoms. The summed E-state index contributed by atoms with van der Waals surface area (Å²) in [6, 6.07) is 6.23. The second-order valence-corrected chi connectivity index (χ2v) is 10.9. The van der Waals surface area contributed by atoms with Gasteiger partial charge in [0.1, 0.15) is 11.1 Å². The minimum atomic E-state index is -4.11. The Kier molecular flexibility index (Phi) is 4.84. The number of hydrogen-bond donors (Lipinski definition) is 2. The van der Waals surface area contributed by atoms with Gasteiger partial charge in [0, 0.05) is 17.5 Å². The Morgan fingerprint density at radius 1 is 1.32 bits per heavy atom. The molecule has 1 aliphatic heterocycles. The quantitative estimate of drug-likeness (QED) is 0.758. The summed E-state index contributed by atoms with van der Waals surface area (Å²) in [4.78, 5) is 4.58. The molecule has 2 N–H and O–H groups in total. The van der Waals surface area contributed by atoms with E-state index in [4.69, 9.17) is 0 Å². The highest BCUT2D eigenvalue weighted by Crippen LogP contribution is 2.26. The Bertz CT molecular complexity index is 987. The van der Waals surface area contributed by atoms with Crippen molar-refractivity contribution in [3.8, 4) is 0 Å². The van der Waals surface area contributed by atoms with Gasteiger partial charge in [-0.25, -0.2) is 26.2 Å². The average Bonchev–Trinajstić information content (AvgIpc) is 3.04. The Hall–Kier alpha value is -1.56. The zero-order valence-electron chi connectivity index (χ0n) is 12.8. The SMILES string of the molecule is O=S1(=O)C[C@@H](O)[C@H](S(=O)(=O)Nc2ncc(Cc3ccccc3F)s2)C1. The minimum Gasteiger partial charge on any atom is -0.391 e. The Morgan fingerprint density at radius 2 is 2.04 bits per heavy atom. The topological polar surface area (TPSA) is 113 Å². The molecule has 0 aliphatic carbocycles. The largest absolute Gasteiger partial charge is 0.391 e. The number of rotatable bonds is 5. The second-order valence-electron chi connectivity index (χ2n) is 5.73. The third-order valence-corrected chi connectivity index (χ3v) is 8.50. The summed E-state index contributed by atoms with van der Waals surface area (Å²) in [7, 11) is -7.69. The van der Waals surface area contributed by atoms with Crippen molar-refractivity contribution in [3.63, 3.8) is 0 Å². The van der Waals surface area contributed by atoms with Gasteiger partial charge in [-0.15, -0.1) is 11.3 Å². The molecule has 0 radical (unpaired) electrons. The van der Waals surface area contributed by atoms with Gasteiger partial charge in [0.15, 0.2) is 15.0 Å². The Morgan fingerprint density at radius 3 is 2.68 bits per heavy atom. The number of sulfonamides is 1. The zero-order valence-corrected chi connectivity index (χ0v) is 15.2. The molecule has 25 heavy (non-hydrogen) atoms. The van der Waals surface area contributed by atoms with Crippen LogP contribution in [-0.4, -0.2) is 49.8 Å². The highest BCUT2D eigenvalue weighted by Gasteiger charge is 2.44. The van der Waals surface area contributed by atoms with Crippen LogP contribution in [0, 0.1) is 5.82 Å². The number of aromatic nitrogens is 1. The van der Waals surface area contributed by atoms with Crippen LogP contribution in [0.5, 0.6) is 0 Å². The molecular weight excluding hydrogens is 391 g/mol. The molecule has 0 saturated carbocycles. The number of halogens is 1. The molecule has 0 amide bonds. The first-order chi connectivity index (χ1) is 11.7. The lowest BCUT2D eigenvalue weighted by molar-refractivity contribution is 0.204. The van der Waals surface area contributed by atoms with Gasteiger partial charge in [-0.1, -0.05) is 18.2 Å². The lowest BCUT2D eigenvalue weighted by atomic mass is 10.1. The number of anilines is 1. The Balaban J connectivity index is 1.74. The molecular formula is C14H15FN2O5S3. The van der Waals surface area contributed by atoms with Gasteiger partial charge in [0.2, 0.25) is 10.0 Å². The van der Waals surface area contributed by atoms with E-state index in [1.165, 1.54) is 12.3 Å². The van der Waals surface area contributed by atoms with Crippen molar-refractivity contribution in [2.75, 3.05) is 16.2 Å². The van der Waals surface area contributed by atoms with Crippen LogP contribution < -0.4 is 4.72 Å². The summed E-state index contributed by atoms with van der Waals surface area (Å²) in [6.07, 6.45) is 0.212. The molecule has 2 heterocycles. The molecule has 11 heteroatoms. The number of thiazole rings is 1. The van der Waals surface area contributed by atoms with E-state index in [9.17, 15) is 26.3 Å². The van der Waals surface area contributed by atoms with E-state index in [0.29, 0.717) is 10.4 Å². The third-order valence-electron chi connectivity index (χ3n) is 3.78. The average molecular weight is 406 g/mol. The van der Waals surface area contributed by atoms with E-state index in [-0.39, 0.29) is 17.4 Å². The molecule has 0 bridgehead atoms. The molecule has 2 atom stereocenters. The Labute approximate surface area is 148 Å². The number of aliphatic hydroxyl groups is 1. The smallest absolute Gasteiger partial charge is 0.240 e. The summed E-state index contributed by atoms with van der Waals surface area (Å²) >= 11 is 1.02. The van der Waals surface area contributed by atoms with Crippen LogP contribution in [0.3, 0.4) is 0 Å². The van der Waals surface area contributed by atoms with Crippen LogP contribution in [0.25, 0.3) is 0 Å². The van der Waals surface area contributed by atoms with Gasteiger partial charge in [-0.2, -0.15) is 0 Å². The highest BCUT2D eigenvalue weighted by molar-refractivity contribution is 7.97. The number of nitrogens with one attached hydrogen (secondary N) is 1.